The molecule has 0 spiro atoms. The molecular formula is C26H22N4O5. The normalized spacial score (nSPS) is 15.3. The van der Waals surface area contributed by atoms with Gasteiger partial charge < -0.3 is 10.2 Å². The van der Waals surface area contributed by atoms with Gasteiger partial charge in [0.1, 0.15) is 5.75 Å². The van der Waals surface area contributed by atoms with Gasteiger partial charge >= 0.3 is 5.97 Å². The predicted molar refractivity (Wildman–Crippen MR) is 133 cm³/mol. The van der Waals surface area contributed by atoms with Gasteiger partial charge in [0.15, 0.2) is 5.71 Å². The number of aliphatic imine (C=N–C) groups is 1. The first-order valence-corrected chi connectivity index (χ1v) is 10.7. The molecule has 0 radical (unpaired) electrons. The van der Waals surface area contributed by atoms with Gasteiger partial charge in [0.2, 0.25) is 6.17 Å². The lowest BCUT2D eigenvalue weighted by atomic mass is 9.98. The van der Waals surface area contributed by atoms with Crippen molar-refractivity contribution in [2.24, 2.45) is 15.3 Å². The van der Waals surface area contributed by atoms with E-state index in [0.29, 0.717) is 22.5 Å². The van der Waals surface area contributed by atoms with Crippen molar-refractivity contribution in [1.82, 2.24) is 0 Å². The molecular weight excluding hydrogens is 448 g/mol. The smallest absolute Gasteiger partial charge is 0.335 e. The van der Waals surface area contributed by atoms with Crippen molar-refractivity contribution in [1.29, 1.82) is 0 Å². The van der Waals surface area contributed by atoms with Crippen LogP contribution in [0.5, 0.6) is 5.75 Å². The fraction of sp³-hybridized carbons (Fsp3) is 0.154. The molecule has 2 N–H and O–H groups in total. The Balaban J connectivity index is 1.71. The summed E-state index contributed by atoms with van der Waals surface area (Å²) in [4.78, 5) is 40.4. The third-order valence-electron chi connectivity index (χ3n) is 5.84. The minimum atomic E-state index is -1.42. The van der Waals surface area contributed by atoms with Gasteiger partial charge in [-0.15, -0.1) is 4.91 Å². The lowest BCUT2D eigenvalue weighted by Crippen LogP contribution is -2.27. The number of hydrazone groups is 1. The van der Waals surface area contributed by atoms with Crippen LogP contribution >= 0.6 is 0 Å². The number of anilines is 1. The summed E-state index contributed by atoms with van der Waals surface area (Å²) in [6, 6.07) is 16.2. The van der Waals surface area contributed by atoms with E-state index in [-0.39, 0.29) is 22.6 Å². The highest BCUT2D eigenvalue weighted by atomic mass is 16.4. The molecule has 3 aromatic carbocycles. The Bertz CT molecular complexity index is 1430. The molecule has 1 aliphatic rings. The molecule has 9 nitrogen and oxygen atoms in total. The first kappa shape index (κ1) is 23.5. The van der Waals surface area contributed by atoms with Crippen LogP contribution in [0, 0.1) is 18.8 Å². The molecule has 0 aromatic heterocycles. The van der Waals surface area contributed by atoms with E-state index in [1.807, 2.05) is 26.0 Å². The number of phenolic OH excluding ortho intramolecular Hbond substituents is 1. The fourth-order valence-electron chi connectivity index (χ4n) is 3.77. The van der Waals surface area contributed by atoms with E-state index in [0.717, 1.165) is 11.1 Å². The maximum absolute atomic E-state index is 13.1. The van der Waals surface area contributed by atoms with Crippen molar-refractivity contribution < 1.29 is 19.8 Å². The second-order valence-corrected chi connectivity index (χ2v) is 8.16. The Kier molecular flexibility index (Phi) is 6.24. The molecule has 1 unspecified atom stereocenters. The van der Waals surface area contributed by atoms with E-state index >= 15 is 0 Å². The van der Waals surface area contributed by atoms with E-state index in [2.05, 4.69) is 15.3 Å². The van der Waals surface area contributed by atoms with E-state index in [1.165, 1.54) is 23.2 Å². The third-order valence-corrected chi connectivity index (χ3v) is 5.84. The van der Waals surface area contributed by atoms with Crippen LogP contribution in [0.1, 0.15) is 40.1 Å². The second kappa shape index (κ2) is 9.30. The van der Waals surface area contributed by atoms with Crippen LogP contribution in [0.3, 0.4) is 0 Å². The molecule has 0 saturated heterocycles. The maximum atomic E-state index is 13.1. The summed E-state index contributed by atoms with van der Waals surface area (Å²) >= 11 is 0. The Hall–Kier alpha value is -4.66. The molecule has 35 heavy (non-hydrogen) atoms. The number of rotatable bonds is 6. The molecule has 0 bridgehead atoms. The zero-order valence-corrected chi connectivity index (χ0v) is 19.3. The molecule has 1 heterocycles. The highest BCUT2D eigenvalue weighted by Gasteiger charge is 2.32. The van der Waals surface area contributed by atoms with Gasteiger partial charge in [-0.2, -0.15) is 10.1 Å². The van der Waals surface area contributed by atoms with Gasteiger partial charge in [0.05, 0.1) is 17.0 Å². The second-order valence-electron chi connectivity index (χ2n) is 8.16. The minimum Gasteiger partial charge on any atom is -0.507 e. The average molecular weight is 470 g/mol. The van der Waals surface area contributed by atoms with Crippen molar-refractivity contribution in [2.75, 3.05) is 5.01 Å². The molecule has 9 heteroatoms. The number of carbonyl (C=O) groups is 2. The molecule has 4 rings (SSSR count). The summed E-state index contributed by atoms with van der Waals surface area (Å²) in [6.45, 7) is 5.50. The number of aryl methyl sites for hydroxylation is 2. The quantitative estimate of drug-likeness (QED) is 0.489. The van der Waals surface area contributed by atoms with Crippen molar-refractivity contribution in [3.05, 3.63) is 87.8 Å². The van der Waals surface area contributed by atoms with E-state index in [1.54, 1.807) is 37.3 Å². The number of nitrogens with zero attached hydrogens (tertiary/aromatic N) is 4. The number of benzene rings is 3. The molecule has 0 saturated carbocycles. The summed E-state index contributed by atoms with van der Waals surface area (Å²) in [7, 11) is 0. The fourth-order valence-corrected chi connectivity index (χ4v) is 3.77. The number of carboxylic acid groups (broad SMARTS) is 1. The summed E-state index contributed by atoms with van der Waals surface area (Å²) in [5.41, 5.74) is 3.79. The SMILES string of the molecule is CC1=NN(c2ccc(C)c(C)c2)C(=O)C1=NC(N=O)c1cccc(-c2cccc(C(=O)O)c2)c1O. The summed E-state index contributed by atoms with van der Waals surface area (Å²) in [5.74, 6) is -1.90. The van der Waals surface area contributed by atoms with Gasteiger partial charge in [0.25, 0.3) is 5.91 Å². The van der Waals surface area contributed by atoms with Crippen molar-refractivity contribution in [2.45, 2.75) is 26.9 Å². The lowest BCUT2D eigenvalue weighted by molar-refractivity contribution is -0.112. The number of carbonyl (C=O) groups excluding carboxylic acids is 1. The minimum absolute atomic E-state index is 0.0366. The molecule has 1 aliphatic heterocycles. The van der Waals surface area contributed by atoms with Gasteiger partial charge in [0, 0.05) is 11.1 Å². The molecule has 176 valence electrons. The van der Waals surface area contributed by atoms with Crippen molar-refractivity contribution in [3.8, 4) is 16.9 Å². The monoisotopic (exact) mass is 470 g/mol. The van der Waals surface area contributed by atoms with E-state index in [9.17, 15) is 24.7 Å². The molecule has 1 atom stereocenters. The van der Waals surface area contributed by atoms with Crippen LogP contribution in [0.15, 0.2) is 75.9 Å². The van der Waals surface area contributed by atoms with Gasteiger partial charge in [-0.1, -0.05) is 36.4 Å². The molecule has 0 fully saturated rings. The molecule has 1 amide bonds. The van der Waals surface area contributed by atoms with Crippen LogP contribution in [0.25, 0.3) is 11.1 Å². The van der Waals surface area contributed by atoms with Crippen LogP contribution in [0.2, 0.25) is 0 Å². The number of para-hydroxylation sites is 1. The zero-order valence-electron chi connectivity index (χ0n) is 19.3. The number of amides is 1. The Morgan fingerprint density at radius 1 is 1.00 bits per heavy atom. The number of phenols is 1. The maximum Gasteiger partial charge on any atom is 0.335 e. The predicted octanol–water partition coefficient (Wildman–Crippen LogP) is 5.00. The number of aromatic hydroxyl groups is 1. The zero-order chi connectivity index (χ0) is 25.3. The van der Waals surface area contributed by atoms with Crippen LogP contribution in [0.4, 0.5) is 5.69 Å². The first-order chi connectivity index (χ1) is 16.7. The van der Waals surface area contributed by atoms with E-state index < -0.39 is 18.0 Å². The Morgan fingerprint density at radius 3 is 2.43 bits per heavy atom. The summed E-state index contributed by atoms with van der Waals surface area (Å²) in [5, 5.41) is 28.7. The summed E-state index contributed by atoms with van der Waals surface area (Å²) < 4.78 is 0. The average Bonchev–Trinajstić information content (AvgIpc) is 3.12. The van der Waals surface area contributed by atoms with Crippen LogP contribution in [-0.2, 0) is 4.79 Å². The molecule has 0 aliphatic carbocycles. The van der Waals surface area contributed by atoms with Gasteiger partial charge in [-0.05, 0) is 66.9 Å². The lowest BCUT2D eigenvalue weighted by Gasteiger charge is -2.14. The Morgan fingerprint density at radius 2 is 1.74 bits per heavy atom. The van der Waals surface area contributed by atoms with Crippen molar-refractivity contribution >= 4 is 29.0 Å². The topological polar surface area (TPSA) is 132 Å². The van der Waals surface area contributed by atoms with E-state index in [4.69, 9.17) is 0 Å². The number of aromatic carboxylic acids is 1. The number of hydrogen-bond acceptors (Lipinski definition) is 7. The van der Waals surface area contributed by atoms with Crippen LogP contribution in [-0.4, -0.2) is 33.5 Å². The third kappa shape index (κ3) is 4.43. The van der Waals surface area contributed by atoms with Crippen LogP contribution < -0.4 is 5.01 Å². The highest BCUT2D eigenvalue weighted by Crippen LogP contribution is 2.37. The number of carboxylic acids is 1. The molecule has 3 aromatic rings. The Labute approximate surface area is 201 Å². The highest BCUT2D eigenvalue weighted by molar-refractivity contribution is 6.71. The number of hydrogen-bond donors (Lipinski definition) is 2. The number of nitroso groups, excluding NO2 is 1. The van der Waals surface area contributed by atoms with Crippen molar-refractivity contribution in [3.63, 3.8) is 0 Å². The first-order valence-electron chi connectivity index (χ1n) is 10.7. The largest absolute Gasteiger partial charge is 0.507 e. The summed E-state index contributed by atoms with van der Waals surface area (Å²) in [6.07, 6.45) is -1.42. The van der Waals surface area contributed by atoms with Gasteiger partial charge in [-0.3, -0.25) is 4.79 Å². The standard InChI is InChI=1S/C26H22N4O5/c1-14-10-11-19(12-15(14)2)30-25(32)22(16(3)28-30)27-24(29-35)21-9-5-8-20(23(21)31)17-6-4-7-18(13-17)26(33)34/h4-13,24,31H,1-3H3,(H,33,34). The van der Waals surface area contributed by atoms with Gasteiger partial charge in [-0.25, -0.2) is 9.79 Å².